The number of rotatable bonds is 4. The zero-order valence-electron chi connectivity index (χ0n) is 16.0. The lowest BCUT2D eigenvalue weighted by Gasteiger charge is -2.37. The summed E-state index contributed by atoms with van der Waals surface area (Å²) in [5, 5.41) is 1.20. The van der Waals surface area contributed by atoms with Gasteiger partial charge in [-0.2, -0.15) is 0 Å². The highest BCUT2D eigenvalue weighted by Crippen LogP contribution is 2.36. The first-order valence-corrected chi connectivity index (χ1v) is 10.6. The van der Waals surface area contributed by atoms with Gasteiger partial charge in [0.2, 0.25) is 5.91 Å². The first kappa shape index (κ1) is 19.5. The Balaban J connectivity index is 1.50. The van der Waals surface area contributed by atoms with E-state index in [1.807, 2.05) is 23.1 Å². The summed E-state index contributed by atoms with van der Waals surface area (Å²) in [7, 11) is 0. The van der Waals surface area contributed by atoms with E-state index in [2.05, 4.69) is 18.2 Å². The summed E-state index contributed by atoms with van der Waals surface area (Å²) in [6.45, 7) is 2.19. The number of aliphatic imine (C=N–C) groups is 1. The van der Waals surface area contributed by atoms with Crippen molar-refractivity contribution in [1.82, 2.24) is 4.90 Å². The van der Waals surface area contributed by atoms with E-state index in [9.17, 15) is 4.79 Å². The van der Waals surface area contributed by atoms with E-state index >= 15 is 0 Å². The van der Waals surface area contributed by atoms with Crippen molar-refractivity contribution in [2.24, 2.45) is 10.9 Å². The lowest BCUT2D eigenvalue weighted by Crippen LogP contribution is -2.42. The van der Waals surface area contributed by atoms with Crippen molar-refractivity contribution < 1.29 is 4.79 Å². The molecular formula is C23H24Cl2N2O. The van der Waals surface area contributed by atoms with Gasteiger partial charge in [-0.25, -0.2) is 0 Å². The van der Waals surface area contributed by atoms with Gasteiger partial charge in [-0.15, -0.1) is 0 Å². The minimum absolute atomic E-state index is 0.0957. The van der Waals surface area contributed by atoms with Gasteiger partial charge in [0.1, 0.15) is 0 Å². The Bertz CT molecular complexity index is 904. The van der Waals surface area contributed by atoms with Gasteiger partial charge in [-0.05, 0) is 60.6 Å². The van der Waals surface area contributed by atoms with E-state index in [-0.39, 0.29) is 11.9 Å². The third-order valence-electron chi connectivity index (χ3n) is 5.87. The number of benzene rings is 2. The summed E-state index contributed by atoms with van der Waals surface area (Å²) in [6.07, 6.45) is 5.21. The Hall–Kier alpha value is -1.84. The largest absolute Gasteiger partial charge is 0.336 e. The van der Waals surface area contributed by atoms with E-state index in [4.69, 9.17) is 28.2 Å². The number of amides is 1. The van der Waals surface area contributed by atoms with Crippen molar-refractivity contribution in [1.29, 1.82) is 0 Å². The third kappa shape index (κ3) is 4.26. The van der Waals surface area contributed by atoms with Crippen LogP contribution in [0.25, 0.3) is 0 Å². The molecule has 5 heteroatoms. The van der Waals surface area contributed by atoms with E-state index in [1.165, 1.54) is 11.3 Å². The zero-order chi connectivity index (χ0) is 19.7. The molecule has 4 rings (SSSR count). The molecule has 146 valence electrons. The molecule has 0 spiro atoms. The van der Waals surface area contributed by atoms with Crippen molar-refractivity contribution in [3.05, 3.63) is 63.6 Å². The fourth-order valence-electron chi connectivity index (χ4n) is 4.54. The Morgan fingerprint density at radius 3 is 2.61 bits per heavy atom. The van der Waals surface area contributed by atoms with Gasteiger partial charge in [0.15, 0.2) is 0 Å². The average Bonchev–Trinajstić information content (AvgIpc) is 3.09. The van der Waals surface area contributed by atoms with Crippen LogP contribution < -0.4 is 0 Å². The summed E-state index contributed by atoms with van der Waals surface area (Å²) in [5.41, 5.74) is 4.67. The predicted molar refractivity (Wildman–Crippen MR) is 116 cm³/mol. The van der Waals surface area contributed by atoms with Gasteiger partial charge in [0.05, 0.1) is 5.69 Å². The SMILES string of the molecule is CC(=O)N(Cc1cc(Cl)cc(Cl)c1)C1CCCC(C2=Nc3ccccc3C2)C1. The monoisotopic (exact) mass is 414 g/mol. The van der Waals surface area contributed by atoms with Gasteiger partial charge in [0.25, 0.3) is 0 Å². The second kappa shape index (κ2) is 8.26. The summed E-state index contributed by atoms with van der Waals surface area (Å²) in [5.74, 6) is 0.536. The van der Waals surface area contributed by atoms with Crippen LogP contribution in [0, 0.1) is 5.92 Å². The Morgan fingerprint density at radius 2 is 1.89 bits per heavy atom. The van der Waals surface area contributed by atoms with Gasteiger partial charge in [-0.3, -0.25) is 9.79 Å². The molecule has 1 aliphatic carbocycles. The molecule has 28 heavy (non-hydrogen) atoms. The molecule has 0 radical (unpaired) electrons. The second-order valence-corrected chi connectivity index (χ2v) is 8.72. The molecular weight excluding hydrogens is 391 g/mol. The topological polar surface area (TPSA) is 32.7 Å². The van der Waals surface area contributed by atoms with E-state index < -0.39 is 0 Å². The molecule has 2 atom stereocenters. The lowest BCUT2D eigenvalue weighted by molar-refractivity contribution is -0.132. The second-order valence-electron chi connectivity index (χ2n) is 7.85. The number of hydrogen-bond donors (Lipinski definition) is 0. The van der Waals surface area contributed by atoms with Gasteiger partial charge in [-0.1, -0.05) is 47.8 Å². The van der Waals surface area contributed by atoms with E-state index in [0.29, 0.717) is 22.5 Å². The van der Waals surface area contributed by atoms with Crippen LogP contribution >= 0.6 is 23.2 Å². The number of carbonyl (C=O) groups excluding carboxylic acids is 1. The zero-order valence-corrected chi connectivity index (χ0v) is 17.5. The number of halogens is 2. The standard InChI is InChI=1S/C23H24Cl2N2O/c1-15(28)27(14-16-9-19(24)13-20(25)10-16)21-7-4-6-17(11-21)23-12-18-5-2-3-8-22(18)26-23/h2-3,5,8-10,13,17,21H,4,6-7,11-12,14H2,1H3. The number of carbonyl (C=O) groups is 1. The van der Waals surface area contributed by atoms with Crippen molar-refractivity contribution in [2.75, 3.05) is 0 Å². The minimum Gasteiger partial charge on any atom is -0.336 e. The highest BCUT2D eigenvalue weighted by molar-refractivity contribution is 6.34. The van der Waals surface area contributed by atoms with Crippen molar-refractivity contribution in [3.8, 4) is 0 Å². The van der Waals surface area contributed by atoms with Gasteiger partial charge in [0, 0.05) is 41.7 Å². The van der Waals surface area contributed by atoms with E-state index in [1.54, 1.807) is 13.0 Å². The van der Waals surface area contributed by atoms with Crippen LogP contribution in [0.3, 0.4) is 0 Å². The third-order valence-corrected chi connectivity index (χ3v) is 6.30. The molecule has 2 aliphatic rings. The first-order chi connectivity index (χ1) is 13.5. The van der Waals surface area contributed by atoms with Crippen LogP contribution in [-0.4, -0.2) is 22.6 Å². The summed E-state index contributed by atoms with van der Waals surface area (Å²) >= 11 is 12.3. The minimum atomic E-state index is 0.0957. The molecule has 2 aromatic rings. The summed E-state index contributed by atoms with van der Waals surface area (Å²) < 4.78 is 0. The molecule has 3 nitrogen and oxygen atoms in total. The van der Waals surface area contributed by atoms with Crippen LogP contribution in [0.2, 0.25) is 10.0 Å². The predicted octanol–water partition coefficient (Wildman–Crippen LogP) is 6.23. The Morgan fingerprint density at radius 1 is 1.14 bits per heavy atom. The van der Waals surface area contributed by atoms with Crippen molar-refractivity contribution in [2.45, 2.75) is 51.6 Å². The summed E-state index contributed by atoms with van der Waals surface area (Å²) in [6, 6.07) is 14.1. The quantitative estimate of drug-likeness (QED) is 0.583. The molecule has 0 aromatic heterocycles. The van der Waals surface area contributed by atoms with E-state index in [0.717, 1.165) is 43.4 Å². The van der Waals surface area contributed by atoms with Crippen LogP contribution in [0.5, 0.6) is 0 Å². The lowest BCUT2D eigenvalue weighted by atomic mass is 9.81. The molecule has 2 unspecified atom stereocenters. The molecule has 1 saturated carbocycles. The molecule has 0 bridgehead atoms. The van der Waals surface area contributed by atoms with Crippen LogP contribution in [0.15, 0.2) is 47.5 Å². The fraction of sp³-hybridized carbons (Fsp3) is 0.391. The number of hydrogen-bond acceptors (Lipinski definition) is 2. The van der Waals surface area contributed by atoms with Crippen molar-refractivity contribution >= 4 is 40.5 Å². The van der Waals surface area contributed by atoms with Crippen LogP contribution in [-0.2, 0) is 17.8 Å². The maximum Gasteiger partial charge on any atom is 0.219 e. The molecule has 1 aliphatic heterocycles. The average molecular weight is 415 g/mol. The number of para-hydroxylation sites is 1. The first-order valence-electron chi connectivity index (χ1n) is 9.87. The maximum atomic E-state index is 12.5. The Kier molecular flexibility index (Phi) is 5.75. The molecule has 1 fully saturated rings. The molecule has 2 aromatic carbocycles. The van der Waals surface area contributed by atoms with Crippen LogP contribution in [0.4, 0.5) is 5.69 Å². The maximum absolute atomic E-state index is 12.5. The molecule has 0 saturated heterocycles. The number of fused-ring (bicyclic) bond motifs is 1. The van der Waals surface area contributed by atoms with Crippen LogP contribution in [0.1, 0.15) is 43.7 Å². The van der Waals surface area contributed by atoms with Gasteiger partial charge < -0.3 is 4.90 Å². The normalized spacial score (nSPS) is 21.2. The molecule has 1 amide bonds. The smallest absolute Gasteiger partial charge is 0.219 e. The highest BCUT2D eigenvalue weighted by atomic mass is 35.5. The summed E-state index contributed by atoms with van der Waals surface area (Å²) in [4.78, 5) is 19.3. The van der Waals surface area contributed by atoms with Gasteiger partial charge >= 0.3 is 0 Å². The number of nitrogens with zero attached hydrogens (tertiary/aromatic N) is 2. The fourth-order valence-corrected chi connectivity index (χ4v) is 5.11. The molecule has 0 N–H and O–H groups in total. The van der Waals surface area contributed by atoms with Crippen molar-refractivity contribution in [3.63, 3.8) is 0 Å². The highest BCUT2D eigenvalue weighted by Gasteiger charge is 2.32. The Labute approximate surface area is 176 Å². The molecule has 1 heterocycles.